The first kappa shape index (κ1) is 18.1. The summed E-state index contributed by atoms with van der Waals surface area (Å²) < 4.78 is 0.180. The second kappa shape index (κ2) is 7.78. The first-order chi connectivity index (χ1) is 13.1. The fraction of sp³-hybridized carbons (Fsp3) is 0.250. The van der Waals surface area contributed by atoms with Crippen LogP contribution in [0.2, 0.25) is 0 Å². The SMILES string of the molecule is O=C(CCSC1Sc2ccccc2-c2ccccc21)ON1C(=O)CCC1=O. The first-order valence-electron chi connectivity index (χ1n) is 8.66. The molecule has 1 unspecified atom stereocenters. The van der Waals surface area contributed by atoms with E-state index in [4.69, 9.17) is 4.84 Å². The molecule has 1 fully saturated rings. The third-order valence-corrected chi connectivity index (χ3v) is 7.17. The van der Waals surface area contributed by atoms with Gasteiger partial charge in [-0.25, -0.2) is 4.79 Å². The van der Waals surface area contributed by atoms with Crippen LogP contribution in [0.4, 0.5) is 0 Å². The number of amides is 2. The number of hydroxylamine groups is 2. The van der Waals surface area contributed by atoms with E-state index in [9.17, 15) is 14.4 Å². The number of rotatable bonds is 5. The summed E-state index contributed by atoms with van der Waals surface area (Å²) in [4.78, 5) is 41.2. The highest BCUT2D eigenvalue weighted by Crippen LogP contribution is 2.53. The molecule has 138 valence electrons. The molecule has 1 saturated heterocycles. The smallest absolute Gasteiger partial charge is 0.330 e. The molecule has 0 aromatic heterocycles. The van der Waals surface area contributed by atoms with E-state index < -0.39 is 17.8 Å². The summed E-state index contributed by atoms with van der Waals surface area (Å²) in [5, 5.41) is 0.605. The molecule has 1 atom stereocenters. The van der Waals surface area contributed by atoms with E-state index in [1.54, 1.807) is 23.5 Å². The molecule has 7 heteroatoms. The lowest BCUT2D eigenvalue weighted by molar-refractivity contribution is -0.197. The van der Waals surface area contributed by atoms with Crippen LogP contribution in [0, 0.1) is 0 Å². The molecule has 2 amide bonds. The Kier molecular flexibility index (Phi) is 5.22. The van der Waals surface area contributed by atoms with Gasteiger partial charge in [0.1, 0.15) is 0 Å². The number of fused-ring (bicyclic) bond motifs is 3. The van der Waals surface area contributed by atoms with Crippen LogP contribution >= 0.6 is 23.5 Å². The summed E-state index contributed by atoms with van der Waals surface area (Å²) in [6, 6.07) is 16.6. The minimum atomic E-state index is -0.555. The van der Waals surface area contributed by atoms with Crippen molar-refractivity contribution in [3.05, 3.63) is 54.1 Å². The lowest BCUT2D eigenvalue weighted by Gasteiger charge is -2.26. The number of hydrogen-bond acceptors (Lipinski definition) is 6. The van der Waals surface area contributed by atoms with Crippen molar-refractivity contribution >= 4 is 41.3 Å². The Morgan fingerprint density at radius 1 is 1.04 bits per heavy atom. The van der Waals surface area contributed by atoms with E-state index in [1.165, 1.54) is 21.6 Å². The third-order valence-electron chi connectivity index (χ3n) is 4.40. The van der Waals surface area contributed by atoms with Crippen LogP contribution in [0.3, 0.4) is 0 Å². The van der Waals surface area contributed by atoms with Crippen molar-refractivity contribution in [3.63, 3.8) is 0 Å². The lowest BCUT2D eigenvalue weighted by Crippen LogP contribution is -2.32. The summed E-state index contributed by atoms with van der Waals surface area (Å²) in [5.74, 6) is -0.909. The normalized spacial score (nSPS) is 18.2. The number of carbonyl (C=O) groups excluding carboxylic acids is 3. The summed E-state index contributed by atoms with van der Waals surface area (Å²) in [7, 11) is 0. The van der Waals surface area contributed by atoms with Crippen LogP contribution in [0.1, 0.15) is 29.4 Å². The maximum absolute atomic E-state index is 12.0. The zero-order valence-corrected chi connectivity index (χ0v) is 16.1. The number of nitrogens with zero attached hydrogens (tertiary/aromatic N) is 1. The van der Waals surface area contributed by atoms with Crippen molar-refractivity contribution in [1.82, 2.24) is 5.06 Å². The summed E-state index contributed by atoms with van der Waals surface area (Å²) in [6.07, 6.45) is 0.355. The van der Waals surface area contributed by atoms with E-state index in [0.29, 0.717) is 10.8 Å². The third kappa shape index (κ3) is 3.75. The molecule has 2 aromatic carbocycles. The molecule has 0 bridgehead atoms. The van der Waals surface area contributed by atoms with Gasteiger partial charge in [-0.15, -0.1) is 28.6 Å². The Bertz CT molecular complexity index is 898. The summed E-state index contributed by atoms with van der Waals surface area (Å²) in [6.45, 7) is 0. The van der Waals surface area contributed by atoms with Crippen LogP contribution in [0.15, 0.2) is 53.4 Å². The topological polar surface area (TPSA) is 63.7 Å². The van der Waals surface area contributed by atoms with Gasteiger partial charge in [0.15, 0.2) is 0 Å². The predicted molar refractivity (Wildman–Crippen MR) is 105 cm³/mol. The van der Waals surface area contributed by atoms with E-state index in [1.807, 2.05) is 24.3 Å². The fourth-order valence-electron chi connectivity index (χ4n) is 3.10. The number of thioether (sulfide) groups is 2. The molecule has 5 nitrogen and oxygen atoms in total. The largest absolute Gasteiger partial charge is 0.334 e. The number of carbonyl (C=O) groups is 3. The molecule has 2 aromatic rings. The van der Waals surface area contributed by atoms with Gasteiger partial charge in [0.25, 0.3) is 11.8 Å². The molecule has 27 heavy (non-hydrogen) atoms. The monoisotopic (exact) mass is 399 g/mol. The van der Waals surface area contributed by atoms with Crippen molar-refractivity contribution < 1.29 is 19.2 Å². The van der Waals surface area contributed by atoms with Crippen LogP contribution in [-0.4, -0.2) is 28.6 Å². The Balaban J connectivity index is 1.38. The minimum Gasteiger partial charge on any atom is -0.330 e. The summed E-state index contributed by atoms with van der Waals surface area (Å²) >= 11 is 3.44. The van der Waals surface area contributed by atoms with Gasteiger partial charge >= 0.3 is 5.97 Å². The van der Waals surface area contributed by atoms with Gasteiger partial charge in [0, 0.05) is 23.5 Å². The highest BCUT2D eigenvalue weighted by atomic mass is 32.2. The van der Waals surface area contributed by atoms with Crippen LogP contribution < -0.4 is 0 Å². The predicted octanol–water partition coefficient (Wildman–Crippen LogP) is 4.19. The zero-order valence-electron chi connectivity index (χ0n) is 14.4. The molecular formula is C20H17NO4S2. The standard InChI is InChI=1S/C20H17NO4S2/c22-17-9-10-18(23)21(17)25-19(24)11-12-26-20-15-7-2-1-5-13(15)14-6-3-4-8-16(14)27-20/h1-8,20H,9-12H2. The van der Waals surface area contributed by atoms with Crippen molar-refractivity contribution in [2.75, 3.05) is 5.75 Å². The number of imide groups is 1. The minimum absolute atomic E-state index is 0.107. The van der Waals surface area contributed by atoms with Gasteiger partial charge in [-0.1, -0.05) is 42.5 Å². The Labute approximate surface area is 165 Å². The zero-order chi connectivity index (χ0) is 18.8. The Hall–Kier alpha value is -2.25. The van der Waals surface area contributed by atoms with Crippen LogP contribution in [-0.2, 0) is 19.2 Å². The second-order valence-electron chi connectivity index (χ2n) is 6.20. The van der Waals surface area contributed by atoms with Crippen LogP contribution in [0.25, 0.3) is 11.1 Å². The van der Waals surface area contributed by atoms with Crippen molar-refractivity contribution in [2.24, 2.45) is 0 Å². The highest BCUT2D eigenvalue weighted by molar-refractivity contribution is 8.16. The maximum Gasteiger partial charge on any atom is 0.334 e. The highest BCUT2D eigenvalue weighted by Gasteiger charge is 2.33. The van der Waals surface area contributed by atoms with Gasteiger partial charge in [-0.3, -0.25) is 9.59 Å². The van der Waals surface area contributed by atoms with E-state index in [-0.39, 0.29) is 23.8 Å². The molecule has 2 aliphatic heterocycles. The molecule has 0 aliphatic carbocycles. The Morgan fingerprint density at radius 2 is 1.70 bits per heavy atom. The quantitative estimate of drug-likeness (QED) is 0.703. The Morgan fingerprint density at radius 3 is 2.48 bits per heavy atom. The van der Waals surface area contributed by atoms with Gasteiger partial charge in [-0.2, -0.15) is 0 Å². The lowest BCUT2D eigenvalue weighted by atomic mass is 10.00. The molecule has 0 N–H and O–H groups in total. The molecule has 4 rings (SSSR count). The molecule has 0 radical (unpaired) electrons. The van der Waals surface area contributed by atoms with Crippen molar-refractivity contribution in [3.8, 4) is 11.1 Å². The van der Waals surface area contributed by atoms with Gasteiger partial charge < -0.3 is 4.84 Å². The number of hydrogen-bond donors (Lipinski definition) is 0. The van der Waals surface area contributed by atoms with E-state index in [0.717, 1.165) is 0 Å². The van der Waals surface area contributed by atoms with E-state index in [2.05, 4.69) is 24.3 Å². The first-order valence-corrected chi connectivity index (χ1v) is 10.6. The van der Waals surface area contributed by atoms with Gasteiger partial charge in [-0.05, 0) is 22.8 Å². The second-order valence-corrected chi connectivity index (χ2v) is 8.86. The maximum atomic E-state index is 12.0. The molecular weight excluding hydrogens is 382 g/mol. The van der Waals surface area contributed by atoms with Gasteiger partial charge in [0.05, 0.1) is 11.0 Å². The van der Waals surface area contributed by atoms with Crippen molar-refractivity contribution in [2.45, 2.75) is 28.7 Å². The average molecular weight is 399 g/mol. The van der Waals surface area contributed by atoms with E-state index >= 15 is 0 Å². The summed E-state index contributed by atoms with van der Waals surface area (Å²) in [5.41, 5.74) is 3.70. The molecule has 0 spiro atoms. The molecule has 2 heterocycles. The molecule has 0 saturated carbocycles. The van der Waals surface area contributed by atoms with Gasteiger partial charge in [0.2, 0.25) is 0 Å². The number of benzene rings is 2. The fourth-order valence-corrected chi connectivity index (χ4v) is 5.88. The average Bonchev–Trinajstić information content (AvgIpc) is 3.00. The van der Waals surface area contributed by atoms with Crippen molar-refractivity contribution in [1.29, 1.82) is 0 Å². The van der Waals surface area contributed by atoms with Crippen LogP contribution in [0.5, 0.6) is 0 Å². The molecule has 2 aliphatic rings.